The lowest BCUT2D eigenvalue weighted by atomic mass is 10.1. The molecule has 0 fully saturated rings. The molecule has 0 aliphatic carbocycles. The van der Waals surface area contributed by atoms with E-state index in [1.54, 1.807) is 25.3 Å². The first-order chi connectivity index (χ1) is 10.0. The van der Waals surface area contributed by atoms with Crippen molar-refractivity contribution in [2.75, 3.05) is 0 Å². The van der Waals surface area contributed by atoms with E-state index in [9.17, 15) is 9.59 Å². The van der Waals surface area contributed by atoms with Gasteiger partial charge in [0, 0.05) is 6.54 Å². The highest BCUT2D eigenvalue weighted by Crippen LogP contribution is 2.04. The van der Waals surface area contributed by atoms with E-state index >= 15 is 0 Å². The highest BCUT2D eigenvalue weighted by atomic mass is 16.4. The number of carbonyl (C=O) groups excluding carboxylic acids is 1. The second-order valence-electron chi connectivity index (χ2n) is 4.40. The number of benzene rings is 1. The van der Waals surface area contributed by atoms with Crippen molar-refractivity contribution in [3.63, 3.8) is 0 Å². The molecule has 7 heteroatoms. The van der Waals surface area contributed by atoms with Crippen LogP contribution in [0.15, 0.2) is 34.9 Å². The standard InChI is InChI=1S/C14H15N3O4/c1-9-6-15-12(21-9)8-17-14(20)16-7-10-2-4-11(5-3-10)13(18)19/h2-6H,7-8H2,1H3,(H,18,19)(H2,16,17,20). The third-order valence-electron chi connectivity index (χ3n) is 2.72. The van der Waals surface area contributed by atoms with Crippen LogP contribution in [0, 0.1) is 6.92 Å². The second-order valence-corrected chi connectivity index (χ2v) is 4.40. The van der Waals surface area contributed by atoms with Crippen molar-refractivity contribution >= 4 is 12.0 Å². The molecule has 0 saturated carbocycles. The van der Waals surface area contributed by atoms with E-state index in [-0.39, 0.29) is 18.1 Å². The van der Waals surface area contributed by atoms with Crippen molar-refractivity contribution in [2.45, 2.75) is 20.0 Å². The molecule has 110 valence electrons. The monoisotopic (exact) mass is 289 g/mol. The highest BCUT2D eigenvalue weighted by molar-refractivity contribution is 5.87. The lowest BCUT2D eigenvalue weighted by molar-refractivity contribution is 0.0697. The molecule has 0 bridgehead atoms. The first-order valence-electron chi connectivity index (χ1n) is 6.30. The number of nitrogens with zero attached hydrogens (tertiary/aromatic N) is 1. The quantitative estimate of drug-likeness (QED) is 0.776. The summed E-state index contributed by atoms with van der Waals surface area (Å²) in [6.45, 7) is 2.28. The Kier molecular flexibility index (Phi) is 4.55. The summed E-state index contributed by atoms with van der Waals surface area (Å²) in [5.41, 5.74) is 1.02. The number of aromatic nitrogens is 1. The highest BCUT2D eigenvalue weighted by Gasteiger charge is 2.05. The lowest BCUT2D eigenvalue weighted by Gasteiger charge is -2.06. The van der Waals surface area contributed by atoms with Gasteiger partial charge in [0.1, 0.15) is 5.76 Å². The van der Waals surface area contributed by atoms with Gasteiger partial charge in [0.05, 0.1) is 18.3 Å². The van der Waals surface area contributed by atoms with E-state index in [1.807, 2.05) is 0 Å². The largest absolute Gasteiger partial charge is 0.478 e. The molecule has 2 amide bonds. The topological polar surface area (TPSA) is 104 Å². The third-order valence-corrected chi connectivity index (χ3v) is 2.72. The number of carbonyl (C=O) groups is 2. The molecule has 0 saturated heterocycles. The average Bonchev–Trinajstić information content (AvgIpc) is 2.89. The first-order valence-corrected chi connectivity index (χ1v) is 6.30. The second kappa shape index (κ2) is 6.56. The van der Waals surface area contributed by atoms with E-state index in [1.165, 1.54) is 12.1 Å². The number of carboxylic acids is 1. The van der Waals surface area contributed by atoms with Crippen molar-refractivity contribution in [1.29, 1.82) is 0 Å². The normalized spacial score (nSPS) is 10.1. The molecule has 21 heavy (non-hydrogen) atoms. The predicted molar refractivity (Wildman–Crippen MR) is 73.7 cm³/mol. The summed E-state index contributed by atoms with van der Waals surface area (Å²) in [5, 5.41) is 14.0. The molecule has 0 radical (unpaired) electrons. The molecule has 3 N–H and O–H groups in total. The van der Waals surface area contributed by atoms with E-state index < -0.39 is 5.97 Å². The number of nitrogens with one attached hydrogen (secondary N) is 2. The molecule has 1 heterocycles. The van der Waals surface area contributed by atoms with Crippen LogP contribution < -0.4 is 10.6 Å². The van der Waals surface area contributed by atoms with Crippen molar-refractivity contribution in [1.82, 2.24) is 15.6 Å². The van der Waals surface area contributed by atoms with Crippen molar-refractivity contribution in [3.05, 3.63) is 53.2 Å². The summed E-state index contributed by atoms with van der Waals surface area (Å²) in [5.74, 6) is 0.146. The van der Waals surface area contributed by atoms with Gasteiger partial charge in [-0.15, -0.1) is 0 Å². The maximum atomic E-state index is 11.6. The van der Waals surface area contributed by atoms with Gasteiger partial charge in [-0.05, 0) is 24.6 Å². The summed E-state index contributed by atoms with van der Waals surface area (Å²) < 4.78 is 5.22. The van der Waals surface area contributed by atoms with Gasteiger partial charge in [0.15, 0.2) is 0 Å². The zero-order valence-corrected chi connectivity index (χ0v) is 11.4. The summed E-state index contributed by atoms with van der Waals surface area (Å²) in [6, 6.07) is 5.94. The predicted octanol–water partition coefficient (Wildman–Crippen LogP) is 1.68. The number of urea groups is 1. The zero-order valence-electron chi connectivity index (χ0n) is 11.4. The van der Waals surface area contributed by atoms with Gasteiger partial charge >= 0.3 is 12.0 Å². The Bertz CT molecular complexity index is 634. The fourth-order valence-corrected chi connectivity index (χ4v) is 1.65. The molecular formula is C14H15N3O4. The van der Waals surface area contributed by atoms with Crippen LogP contribution in [-0.4, -0.2) is 22.1 Å². The number of rotatable bonds is 5. The molecule has 1 aromatic heterocycles. The van der Waals surface area contributed by atoms with Crippen LogP contribution in [0.1, 0.15) is 27.6 Å². The Labute approximate surface area is 121 Å². The fraction of sp³-hybridized carbons (Fsp3) is 0.214. The molecule has 0 aliphatic heterocycles. The van der Waals surface area contributed by atoms with Gasteiger partial charge < -0.3 is 20.2 Å². The number of carboxylic acid groups (broad SMARTS) is 1. The van der Waals surface area contributed by atoms with Crippen LogP contribution in [-0.2, 0) is 13.1 Å². The molecule has 1 aromatic carbocycles. The molecule has 0 atom stereocenters. The number of oxazole rings is 1. The maximum Gasteiger partial charge on any atom is 0.335 e. The van der Waals surface area contributed by atoms with Gasteiger partial charge in [-0.25, -0.2) is 14.6 Å². The Hall–Kier alpha value is -2.83. The molecular weight excluding hydrogens is 274 g/mol. The Morgan fingerprint density at radius 2 is 1.86 bits per heavy atom. The minimum atomic E-state index is -0.978. The zero-order chi connectivity index (χ0) is 15.2. The molecule has 0 spiro atoms. The van der Waals surface area contributed by atoms with Gasteiger partial charge in [0.25, 0.3) is 0 Å². The summed E-state index contributed by atoms with van der Waals surface area (Å²) >= 11 is 0. The molecule has 7 nitrogen and oxygen atoms in total. The lowest BCUT2D eigenvalue weighted by Crippen LogP contribution is -2.34. The van der Waals surface area contributed by atoms with E-state index in [4.69, 9.17) is 9.52 Å². The average molecular weight is 289 g/mol. The Balaban J connectivity index is 1.77. The van der Waals surface area contributed by atoms with Crippen LogP contribution in [0.25, 0.3) is 0 Å². The van der Waals surface area contributed by atoms with Crippen LogP contribution >= 0.6 is 0 Å². The summed E-state index contributed by atoms with van der Waals surface area (Å²) in [4.78, 5) is 26.3. The van der Waals surface area contributed by atoms with E-state index in [0.29, 0.717) is 18.2 Å². The number of aromatic carboxylic acids is 1. The molecule has 0 unspecified atom stereocenters. The van der Waals surface area contributed by atoms with Gasteiger partial charge in [0.2, 0.25) is 5.89 Å². The number of hydrogen-bond acceptors (Lipinski definition) is 4. The van der Waals surface area contributed by atoms with Gasteiger partial charge in [-0.3, -0.25) is 0 Å². The molecule has 2 aromatic rings. The molecule has 0 aliphatic rings. The van der Waals surface area contributed by atoms with Crippen LogP contribution in [0.4, 0.5) is 4.79 Å². The number of hydrogen-bond donors (Lipinski definition) is 3. The number of aryl methyl sites for hydroxylation is 1. The van der Waals surface area contributed by atoms with Crippen molar-refractivity contribution in [2.24, 2.45) is 0 Å². The Morgan fingerprint density at radius 1 is 1.19 bits per heavy atom. The minimum absolute atomic E-state index is 0.206. The van der Waals surface area contributed by atoms with Gasteiger partial charge in [-0.2, -0.15) is 0 Å². The SMILES string of the molecule is Cc1cnc(CNC(=O)NCc2ccc(C(=O)O)cc2)o1. The van der Waals surface area contributed by atoms with Crippen molar-refractivity contribution in [3.8, 4) is 0 Å². The minimum Gasteiger partial charge on any atom is -0.478 e. The molecule has 2 rings (SSSR count). The summed E-state index contributed by atoms with van der Waals surface area (Å²) in [7, 11) is 0. The number of amides is 2. The summed E-state index contributed by atoms with van der Waals surface area (Å²) in [6.07, 6.45) is 1.58. The van der Waals surface area contributed by atoms with E-state index in [2.05, 4.69) is 15.6 Å². The maximum absolute atomic E-state index is 11.6. The van der Waals surface area contributed by atoms with Crippen LogP contribution in [0.3, 0.4) is 0 Å². The first kappa shape index (κ1) is 14.6. The van der Waals surface area contributed by atoms with E-state index in [0.717, 1.165) is 5.56 Å². The van der Waals surface area contributed by atoms with Gasteiger partial charge in [-0.1, -0.05) is 12.1 Å². The van der Waals surface area contributed by atoms with Crippen LogP contribution in [0.2, 0.25) is 0 Å². The fourth-order valence-electron chi connectivity index (χ4n) is 1.65. The van der Waals surface area contributed by atoms with Crippen LogP contribution in [0.5, 0.6) is 0 Å². The van der Waals surface area contributed by atoms with Crippen molar-refractivity contribution < 1.29 is 19.1 Å². The Morgan fingerprint density at radius 3 is 2.43 bits per heavy atom. The third kappa shape index (κ3) is 4.34. The smallest absolute Gasteiger partial charge is 0.335 e.